The third kappa shape index (κ3) is 2.22. The minimum atomic E-state index is -0.225. The van der Waals surface area contributed by atoms with Gasteiger partial charge in [-0.3, -0.25) is 9.59 Å². The zero-order valence-electron chi connectivity index (χ0n) is 11.0. The van der Waals surface area contributed by atoms with Crippen LogP contribution >= 0.6 is 0 Å². The van der Waals surface area contributed by atoms with E-state index in [9.17, 15) is 14.7 Å². The van der Waals surface area contributed by atoms with Crippen molar-refractivity contribution in [3.63, 3.8) is 0 Å². The lowest BCUT2D eigenvalue weighted by Crippen LogP contribution is -2.37. The Hall–Kier alpha value is -2.08. The van der Waals surface area contributed by atoms with E-state index in [1.807, 2.05) is 0 Å². The van der Waals surface area contributed by atoms with Crippen molar-refractivity contribution in [3.05, 3.63) is 23.8 Å². The lowest BCUT2D eigenvalue weighted by atomic mass is 10.1. The summed E-state index contributed by atoms with van der Waals surface area (Å²) >= 11 is 0. The second-order valence-corrected chi connectivity index (χ2v) is 5.02. The van der Waals surface area contributed by atoms with Gasteiger partial charge in [-0.05, 0) is 31.0 Å². The van der Waals surface area contributed by atoms with Crippen molar-refractivity contribution in [2.24, 2.45) is 0 Å². The molecule has 1 saturated heterocycles. The molecule has 1 aromatic carbocycles. The van der Waals surface area contributed by atoms with Gasteiger partial charge in [0.15, 0.2) is 6.61 Å². The van der Waals surface area contributed by atoms with Crippen LogP contribution in [-0.4, -0.2) is 47.6 Å². The van der Waals surface area contributed by atoms with Crippen LogP contribution < -0.4 is 10.1 Å². The van der Waals surface area contributed by atoms with Crippen molar-refractivity contribution < 1.29 is 19.4 Å². The number of fused-ring (bicyclic) bond motifs is 1. The van der Waals surface area contributed by atoms with Crippen LogP contribution in [0.15, 0.2) is 18.2 Å². The lowest BCUT2D eigenvalue weighted by Gasteiger charge is -2.24. The summed E-state index contributed by atoms with van der Waals surface area (Å²) in [6, 6.07) is 4.89. The number of aliphatic hydroxyl groups excluding tert-OH is 1. The molecule has 106 valence electrons. The molecule has 0 unspecified atom stereocenters. The van der Waals surface area contributed by atoms with Gasteiger partial charge in [-0.1, -0.05) is 0 Å². The molecule has 0 spiro atoms. The molecule has 2 aliphatic rings. The number of ether oxygens (including phenoxy) is 1. The lowest BCUT2D eigenvalue weighted by molar-refractivity contribution is -0.118. The monoisotopic (exact) mass is 276 g/mol. The smallest absolute Gasteiger partial charge is 0.262 e. The van der Waals surface area contributed by atoms with Crippen molar-refractivity contribution >= 4 is 17.5 Å². The van der Waals surface area contributed by atoms with Gasteiger partial charge in [-0.25, -0.2) is 0 Å². The molecule has 2 amide bonds. The van der Waals surface area contributed by atoms with Crippen molar-refractivity contribution in [1.29, 1.82) is 0 Å². The molecule has 2 aliphatic heterocycles. The molecule has 0 aromatic heterocycles. The third-order valence-corrected chi connectivity index (χ3v) is 3.71. The van der Waals surface area contributed by atoms with Crippen LogP contribution in [0.25, 0.3) is 0 Å². The second-order valence-electron chi connectivity index (χ2n) is 5.02. The minimum Gasteiger partial charge on any atom is -0.482 e. The number of carbonyl (C=O) groups is 2. The highest BCUT2D eigenvalue weighted by atomic mass is 16.5. The molecule has 0 aliphatic carbocycles. The number of aliphatic hydroxyl groups is 1. The Kier molecular flexibility index (Phi) is 3.31. The molecule has 0 saturated carbocycles. The maximum Gasteiger partial charge on any atom is 0.262 e. The normalized spacial score (nSPS) is 21.1. The molecule has 1 atom stereocenters. The predicted octanol–water partition coefficient (Wildman–Crippen LogP) is 0.614. The molecule has 3 rings (SSSR count). The standard InChI is InChI=1S/C14H16N2O4/c17-7-10-2-1-5-16(10)14(19)9-3-4-12-11(6-9)15-13(18)8-20-12/h3-4,6,10,17H,1-2,5,7-8H2,(H,15,18)/t10-/m1/s1. The maximum absolute atomic E-state index is 12.4. The van der Waals surface area contributed by atoms with Crippen LogP contribution in [0.4, 0.5) is 5.69 Å². The van der Waals surface area contributed by atoms with Gasteiger partial charge in [0.1, 0.15) is 5.75 Å². The van der Waals surface area contributed by atoms with E-state index in [4.69, 9.17) is 4.74 Å². The van der Waals surface area contributed by atoms with E-state index >= 15 is 0 Å². The van der Waals surface area contributed by atoms with Gasteiger partial charge < -0.3 is 20.1 Å². The average Bonchev–Trinajstić information content (AvgIpc) is 2.94. The Morgan fingerprint density at radius 1 is 1.50 bits per heavy atom. The van der Waals surface area contributed by atoms with Crippen LogP contribution in [0.5, 0.6) is 5.75 Å². The second kappa shape index (κ2) is 5.13. The van der Waals surface area contributed by atoms with Gasteiger partial charge >= 0.3 is 0 Å². The van der Waals surface area contributed by atoms with E-state index in [-0.39, 0.29) is 31.1 Å². The number of benzene rings is 1. The SMILES string of the molecule is O=C1COc2ccc(C(=O)N3CCC[C@@H]3CO)cc2N1. The summed E-state index contributed by atoms with van der Waals surface area (Å²) < 4.78 is 5.26. The first-order chi connectivity index (χ1) is 9.69. The fraction of sp³-hybridized carbons (Fsp3) is 0.429. The Labute approximate surface area is 116 Å². The largest absolute Gasteiger partial charge is 0.482 e. The molecule has 2 heterocycles. The number of nitrogens with zero attached hydrogens (tertiary/aromatic N) is 1. The molecule has 20 heavy (non-hydrogen) atoms. The summed E-state index contributed by atoms with van der Waals surface area (Å²) in [5.41, 5.74) is 1.02. The summed E-state index contributed by atoms with van der Waals surface area (Å²) in [5, 5.41) is 12.0. The van der Waals surface area contributed by atoms with Crippen molar-refractivity contribution in [2.45, 2.75) is 18.9 Å². The highest BCUT2D eigenvalue weighted by Crippen LogP contribution is 2.29. The number of likely N-dealkylation sites (tertiary alicyclic amines) is 1. The third-order valence-electron chi connectivity index (χ3n) is 3.71. The van der Waals surface area contributed by atoms with Crippen LogP contribution in [0, 0.1) is 0 Å². The molecular formula is C14H16N2O4. The zero-order valence-corrected chi connectivity index (χ0v) is 11.0. The van der Waals surface area contributed by atoms with Crippen molar-refractivity contribution in [2.75, 3.05) is 25.1 Å². The molecule has 6 heteroatoms. The van der Waals surface area contributed by atoms with E-state index in [0.717, 1.165) is 12.8 Å². The predicted molar refractivity (Wildman–Crippen MR) is 71.7 cm³/mol. The number of rotatable bonds is 2. The number of hydrogen-bond acceptors (Lipinski definition) is 4. The average molecular weight is 276 g/mol. The fourth-order valence-corrected chi connectivity index (χ4v) is 2.67. The van der Waals surface area contributed by atoms with Gasteiger partial charge in [0, 0.05) is 12.1 Å². The quantitative estimate of drug-likeness (QED) is 0.829. The molecule has 6 nitrogen and oxygen atoms in total. The first-order valence-electron chi connectivity index (χ1n) is 6.67. The highest BCUT2D eigenvalue weighted by Gasteiger charge is 2.29. The molecule has 2 N–H and O–H groups in total. The van der Waals surface area contributed by atoms with Crippen LogP contribution in [-0.2, 0) is 4.79 Å². The van der Waals surface area contributed by atoms with E-state index < -0.39 is 0 Å². The van der Waals surface area contributed by atoms with Crippen LogP contribution in [0.3, 0.4) is 0 Å². The summed E-state index contributed by atoms with van der Waals surface area (Å²) in [6.45, 7) is 0.638. The number of amides is 2. The van der Waals surface area contributed by atoms with Gasteiger partial charge in [0.2, 0.25) is 0 Å². The topological polar surface area (TPSA) is 78.9 Å². The minimum absolute atomic E-state index is 0.000988. The number of anilines is 1. The Morgan fingerprint density at radius 3 is 3.15 bits per heavy atom. The van der Waals surface area contributed by atoms with Gasteiger partial charge in [0.05, 0.1) is 18.3 Å². The Balaban J connectivity index is 1.85. The van der Waals surface area contributed by atoms with E-state index in [1.165, 1.54) is 0 Å². The summed E-state index contributed by atoms with van der Waals surface area (Å²) in [7, 11) is 0. The van der Waals surface area contributed by atoms with Crippen molar-refractivity contribution in [3.8, 4) is 5.75 Å². The Morgan fingerprint density at radius 2 is 2.35 bits per heavy atom. The summed E-state index contributed by atoms with van der Waals surface area (Å²) in [5.74, 6) is 0.224. The number of hydrogen-bond donors (Lipinski definition) is 2. The fourth-order valence-electron chi connectivity index (χ4n) is 2.67. The van der Waals surface area contributed by atoms with Crippen LogP contribution in [0.1, 0.15) is 23.2 Å². The maximum atomic E-state index is 12.4. The summed E-state index contributed by atoms with van der Waals surface area (Å²) in [6.07, 6.45) is 1.73. The molecular weight excluding hydrogens is 260 g/mol. The van der Waals surface area contributed by atoms with E-state index in [2.05, 4.69) is 5.32 Å². The van der Waals surface area contributed by atoms with Crippen LogP contribution in [0.2, 0.25) is 0 Å². The molecule has 1 aromatic rings. The molecule has 0 radical (unpaired) electrons. The Bertz CT molecular complexity index is 558. The molecule has 0 bridgehead atoms. The first-order valence-corrected chi connectivity index (χ1v) is 6.67. The van der Waals surface area contributed by atoms with Gasteiger partial charge in [-0.15, -0.1) is 0 Å². The first kappa shape index (κ1) is 12.9. The van der Waals surface area contributed by atoms with E-state index in [1.54, 1.807) is 23.1 Å². The number of carbonyl (C=O) groups excluding carboxylic acids is 2. The number of nitrogens with one attached hydrogen (secondary N) is 1. The van der Waals surface area contributed by atoms with Gasteiger partial charge in [-0.2, -0.15) is 0 Å². The van der Waals surface area contributed by atoms with Gasteiger partial charge in [0.25, 0.3) is 11.8 Å². The molecule has 1 fully saturated rings. The van der Waals surface area contributed by atoms with E-state index in [0.29, 0.717) is 23.5 Å². The summed E-state index contributed by atoms with van der Waals surface area (Å²) in [4.78, 5) is 25.4. The highest BCUT2D eigenvalue weighted by molar-refractivity contribution is 6.00. The zero-order chi connectivity index (χ0) is 14.1. The van der Waals surface area contributed by atoms with Crippen molar-refractivity contribution in [1.82, 2.24) is 4.90 Å².